The van der Waals surface area contributed by atoms with Crippen molar-refractivity contribution < 1.29 is 9.59 Å². The molecule has 24 heavy (non-hydrogen) atoms. The molecule has 2 fully saturated rings. The van der Waals surface area contributed by atoms with E-state index in [1.807, 2.05) is 0 Å². The Morgan fingerprint density at radius 2 is 1.92 bits per heavy atom. The molecule has 4 rings (SSSR count). The Labute approximate surface area is 138 Å². The Bertz CT molecular complexity index is 754. The van der Waals surface area contributed by atoms with Crippen LogP contribution in [-0.2, 0) is 4.79 Å². The molecule has 2 aromatic heterocycles. The molecule has 8 heteroatoms. The SMILES string of the molecule is O=C(c1cnccn1)N1C[C@H]2CCN(c3cncnc3)C(=O)[C@@H]2C1. The van der Waals surface area contributed by atoms with Gasteiger partial charge in [0.1, 0.15) is 12.0 Å². The van der Waals surface area contributed by atoms with Crippen molar-refractivity contribution in [1.29, 1.82) is 0 Å². The van der Waals surface area contributed by atoms with E-state index in [-0.39, 0.29) is 23.7 Å². The van der Waals surface area contributed by atoms with Crippen molar-refractivity contribution in [2.45, 2.75) is 6.42 Å². The molecule has 4 heterocycles. The van der Waals surface area contributed by atoms with Gasteiger partial charge in [-0.2, -0.15) is 0 Å². The molecule has 0 bridgehead atoms. The first-order chi connectivity index (χ1) is 11.7. The molecule has 2 saturated heterocycles. The number of fused-ring (bicyclic) bond motifs is 1. The van der Waals surface area contributed by atoms with Crippen LogP contribution in [0.4, 0.5) is 5.69 Å². The van der Waals surface area contributed by atoms with E-state index < -0.39 is 0 Å². The van der Waals surface area contributed by atoms with Gasteiger partial charge in [0.25, 0.3) is 5.91 Å². The van der Waals surface area contributed by atoms with E-state index in [1.54, 1.807) is 22.2 Å². The van der Waals surface area contributed by atoms with E-state index in [2.05, 4.69) is 19.9 Å². The third-order valence-corrected chi connectivity index (χ3v) is 4.68. The van der Waals surface area contributed by atoms with E-state index in [0.29, 0.717) is 31.0 Å². The van der Waals surface area contributed by atoms with Gasteiger partial charge in [-0.05, 0) is 12.3 Å². The second-order valence-electron chi connectivity index (χ2n) is 6.04. The van der Waals surface area contributed by atoms with Crippen LogP contribution >= 0.6 is 0 Å². The predicted octanol–water partition coefficient (Wildman–Crippen LogP) is 0.392. The van der Waals surface area contributed by atoms with Gasteiger partial charge in [0.2, 0.25) is 5.91 Å². The van der Waals surface area contributed by atoms with Gasteiger partial charge in [0.15, 0.2) is 0 Å². The Kier molecular flexibility index (Phi) is 3.64. The van der Waals surface area contributed by atoms with Crippen molar-refractivity contribution in [2.24, 2.45) is 11.8 Å². The standard InChI is InChI=1S/C16H16N6O2/c23-15-13-9-21(16(24)14-7-17-2-3-20-14)8-11(13)1-4-22(15)12-5-18-10-19-6-12/h2-3,5-7,10-11,13H,1,4,8-9H2/t11-,13-/m1/s1. The molecular formula is C16H16N6O2. The lowest BCUT2D eigenvalue weighted by molar-refractivity contribution is -0.124. The minimum Gasteiger partial charge on any atom is -0.336 e. The predicted molar refractivity (Wildman–Crippen MR) is 83.9 cm³/mol. The molecule has 0 aliphatic carbocycles. The molecule has 2 amide bonds. The Morgan fingerprint density at radius 1 is 1.08 bits per heavy atom. The van der Waals surface area contributed by atoms with Crippen LogP contribution in [-0.4, -0.2) is 56.3 Å². The summed E-state index contributed by atoms with van der Waals surface area (Å²) in [5.74, 6) is -0.117. The lowest BCUT2D eigenvalue weighted by Crippen LogP contribution is -2.45. The average Bonchev–Trinajstić information content (AvgIpc) is 3.08. The van der Waals surface area contributed by atoms with Gasteiger partial charge in [0.05, 0.1) is 30.2 Å². The third-order valence-electron chi connectivity index (χ3n) is 4.68. The van der Waals surface area contributed by atoms with Gasteiger partial charge in [-0.15, -0.1) is 0 Å². The quantitative estimate of drug-likeness (QED) is 0.793. The van der Waals surface area contributed by atoms with Crippen LogP contribution in [0.2, 0.25) is 0 Å². The van der Waals surface area contributed by atoms with Gasteiger partial charge in [-0.3, -0.25) is 14.6 Å². The first kappa shape index (κ1) is 14.7. The van der Waals surface area contributed by atoms with Gasteiger partial charge in [-0.25, -0.2) is 15.0 Å². The zero-order valence-corrected chi connectivity index (χ0v) is 12.9. The molecule has 2 aliphatic heterocycles. The summed E-state index contributed by atoms with van der Waals surface area (Å²) < 4.78 is 0. The number of hydrogen-bond donors (Lipinski definition) is 0. The highest BCUT2D eigenvalue weighted by molar-refractivity contribution is 5.98. The summed E-state index contributed by atoms with van der Waals surface area (Å²) in [5, 5.41) is 0. The summed E-state index contributed by atoms with van der Waals surface area (Å²) in [6.07, 6.45) is 10.1. The van der Waals surface area contributed by atoms with E-state index in [0.717, 1.165) is 6.42 Å². The second kappa shape index (κ2) is 5.95. The lowest BCUT2D eigenvalue weighted by Gasteiger charge is -2.33. The zero-order valence-electron chi connectivity index (χ0n) is 12.9. The second-order valence-corrected chi connectivity index (χ2v) is 6.04. The van der Waals surface area contributed by atoms with Crippen molar-refractivity contribution in [3.8, 4) is 0 Å². The maximum absolute atomic E-state index is 12.8. The van der Waals surface area contributed by atoms with Crippen LogP contribution in [0.5, 0.6) is 0 Å². The van der Waals surface area contributed by atoms with Gasteiger partial charge < -0.3 is 9.80 Å². The normalized spacial score (nSPS) is 23.2. The molecule has 0 spiro atoms. The molecule has 2 aliphatic rings. The number of rotatable bonds is 2. The van der Waals surface area contributed by atoms with Gasteiger partial charge in [-0.1, -0.05) is 0 Å². The molecular weight excluding hydrogens is 308 g/mol. The Morgan fingerprint density at radius 3 is 2.67 bits per heavy atom. The number of carbonyl (C=O) groups is 2. The number of anilines is 1. The number of nitrogens with zero attached hydrogens (tertiary/aromatic N) is 6. The smallest absolute Gasteiger partial charge is 0.274 e. The first-order valence-electron chi connectivity index (χ1n) is 7.85. The monoisotopic (exact) mass is 324 g/mol. The van der Waals surface area contributed by atoms with Crippen molar-refractivity contribution in [1.82, 2.24) is 24.8 Å². The van der Waals surface area contributed by atoms with Crippen LogP contribution in [0.15, 0.2) is 37.3 Å². The molecule has 122 valence electrons. The topological polar surface area (TPSA) is 92.2 Å². The minimum atomic E-state index is -0.181. The third kappa shape index (κ3) is 2.49. The zero-order chi connectivity index (χ0) is 16.5. The summed E-state index contributed by atoms with van der Waals surface area (Å²) >= 11 is 0. The summed E-state index contributed by atoms with van der Waals surface area (Å²) in [4.78, 5) is 44.7. The molecule has 0 saturated carbocycles. The largest absolute Gasteiger partial charge is 0.336 e. The first-order valence-corrected chi connectivity index (χ1v) is 7.85. The number of aromatic nitrogens is 4. The molecule has 0 N–H and O–H groups in total. The van der Waals surface area contributed by atoms with Gasteiger partial charge in [0, 0.05) is 32.0 Å². The van der Waals surface area contributed by atoms with E-state index in [4.69, 9.17) is 0 Å². The average molecular weight is 324 g/mol. The maximum Gasteiger partial charge on any atom is 0.274 e. The fraction of sp³-hybridized carbons (Fsp3) is 0.375. The van der Waals surface area contributed by atoms with E-state index in [1.165, 1.54) is 24.9 Å². The summed E-state index contributed by atoms with van der Waals surface area (Å²) in [5.41, 5.74) is 1.02. The molecule has 0 aromatic carbocycles. The van der Waals surface area contributed by atoms with Crippen LogP contribution in [0.3, 0.4) is 0 Å². The van der Waals surface area contributed by atoms with E-state index in [9.17, 15) is 9.59 Å². The van der Waals surface area contributed by atoms with Crippen LogP contribution in [0.1, 0.15) is 16.9 Å². The van der Waals surface area contributed by atoms with Crippen molar-refractivity contribution in [3.63, 3.8) is 0 Å². The minimum absolute atomic E-state index is 0.0375. The fourth-order valence-corrected chi connectivity index (χ4v) is 3.47. The van der Waals surface area contributed by atoms with Crippen molar-refractivity contribution >= 4 is 17.5 Å². The molecule has 2 atom stereocenters. The van der Waals surface area contributed by atoms with E-state index >= 15 is 0 Å². The molecule has 0 unspecified atom stereocenters. The molecule has 8 nitrogen and oxygen atoms in total. The summed E-state index contributed by atoms with van der Waals surface area (Å²) in [7, 11) is 0. The van der Waals surface area contributed by atoms with Crippen molar-refractivity contribution in [3.05, 3.63) is 43.0 Å². The van der Waals surface area contributed by atoms with Crippen LogP contribution in [0, 0.1) is 11.8 Å². The number of hydrogen-bond acceptors (Lipinski definition) is 6. The fourth-order valence-electron chi connectivity index (χ4n) is 3.47. The maximum atomic E-state index is 12.8. The highest BCUT2D eigenvalue weighted by Crippen LogP contribution is 2.34. The number of amides is 2. The number of likely N-dealkylation sites (tertiary alicyclic amines) is 1. The van der Waals surface area contributed by atoms with Crippen LogP contribution < -0.4 is 4.90 Å². The van der Waals surface area contributed by atoms with Gasteiger partial charge >= 0.3 is 0 Å². The van der Waals surface area contributed by atoms with Crippen LogP contribution in [0.25, 0.3) is 0 Å². The number of carbonyl (C=O) groups excluding carboxylic acids is 2. The molecule has 2 aromatic rings. The summed E-state index contributed by atoms with van der Waals surface area (Å²) in [6.45, 7) is 1.63. The van der Waals surface area contributed by atoms with Crippen molar-refractivity contribution in [2.75, 3.05) is 24.5 Å². The number of piperidine rings is 1. The highest BCUT2D eigenvalue weighted by atomic mass is 16.2. The summed E-state index contributed by atoms with van der Waals surface area (Å²) in [6, 6.07) is 0. The Balaban J connectivity index is 1.51. The lowest BCUT2D eigenvalue weighted by atomic mass is 9.88. The Hall–Kier alpha value is -2.90. The molecule has 0 radical (unpaired) electrons. The highest BCUT2D eigenvalue weighted by Gasteiger charge is 2.44.